The second kappa shape index (κ2) is 11.3. The molecule has 5 N–H and O–H groups in total. The van der Waals surface area contributed by atoms with E-state index < -0.39 is 0 Å². The number of aromatic nitrogens is 6. The van der Waals surface area contributed by atoms with Crippen molar-refractivity contribution in [1.82, 2.24) is 35.0 Å². The number of nitrogens with zero attached hydrogens (tertiary/aromatic N) is 7. The molecule has 3 aromatic heterocycles. The fourth-order valence-corrected chi connectivity index (χ4v) is 4.82. The first kappa shape index (κ1) is 28.2. The number of fused-ring (bicyclic) bond motifs is 1. The van der Waals surface area contributed by atoms with E-state index in [1.807, 2.05) is 19.1 Å². The molecule has 0 radical (unpaired) electrons. The Balaban J connectivity index is 1.38. The van der Waals surface area contributed by atoms with Crippen LogP contribution in [-0.4, -0.2) is 73.7 Å². The molecule has 1 aliphatic rings. The van der Waals surface area contributed by atoms with Gasteiger partial charge in [-0.25, -0.2) is 15.0 Å². The normalized spacial score (nSPS) is 14.6. The van der Waals surface area contributed by atoms with Crippen LogP contribution in [0.15, 0.2) is 30.6 Å². The number of aromatic amines is 1. The zero-order valence-electron chi connectivity index (χ0n) is 24.6. The molecule has 216 valence electrons. The SMILES string of the molecule is Cc1ccc(C(=O)Nc2cc(C(C)(C)C)[nH]n2)cc1Nc1ncnc2c(N)nc(N3CCN(CC(C)C)CC3)nc12. The molecule has 1 aliphatic heterocycles. The molecule has 1 amide bonds. The van der Waals surface area contributed by atoms with Gasteiger partial charge < -0.3 is 21.3 Å². The van der Waals surface area contributed by atoms with E-state index in [0.717, 1.165) is 49.7 Å². The molecule has 0 aliphatic carbocycles. The highest BCUT2D eigenvalue weighted by Crippen LogP contribution is 2.29. The molecule has 0 unspecified atom stereocenters. The van der Waals surface area contributed by atoms with Gasteiger partial charge >= 0.3 is 0 Å². The molecule has 5 rings (SSSR count). The van der Waals surface area contributed by atoms with E-state index in [1.165, 1.54) is 6.33 Å². The van der Waals surface area contributed by atoms with Crippen molar-refractivity contribution in [2.24, 2.45) is 5.92 Å². The maximum absolute atomic E-state index is 13.1. The van der Waals surface area contributed by atoms with Crippen LogP contribution in [0, 0.1) is 12.8 Å². The number of carbonyl (C=O) groups is 1. The highest BCUT2D eigenvalue weighted by atomic mass is 16.1. The summed E-state index contributed by atoms with van der Waals surface area (Å²) in [7, 11) is 0. The van der Waals surface area contributed by atoms with Crippen LogP contribution < -0.4 is 21.3 Å². The minimum Gasteiger partial charge on any atom is -0.382 e. The lowest BCUT2D eigenvalue weighted by Gasteiger charge is -2.35. The lowest BCUT2D eigenvalue weighted by Crippen LogP contribution is -2.48. The van der Waals surface area contributed by atoms with Gasteiger partial charge in [0.25, 0.3) is 5.91 Å². The maximum Gasteiger partial charge on any atom is 0.256 e. The van der Waals surface area contributed by atoms with Crippen molar-refractivity contribution < 1.29 is 4.79 Å². The molecule has 4 aromatic rings. The molecule has 0 saturated carbocycles. The number of hydrogen-bond donors (Lipinski definition) is 4. The Labute approximate surface area is 240 Å². The summed E-state index contributed by atoms with van der Waals surface area (Å²) in [6.45, 7) is 17.3. The molecule has 0 bridgehead atoms. The van der Waals surface area contributed by atoms with Crippen LogP contribution in [0.1, 0.15) is 56.2 Å². The second-order valence-electron chi connectivity index (χ2n) is 12.0. The van der Waals surface area contributed by atoms with E-state index in [9.17, 15) is 4.79 Å². The lowest BCUT2D eigenvalue weighted by molar-refractivity contribution is 0.102. The van der Waals surface area contributed by atoms with E-state index in [1.54, 1.807) is 12.1 Å². The number of amides is 1. The Morgan fingerprint density at radius 3 is 2.51 bits per heavy atom. The van der Waals surface area contributed by atoms with E-state index in [-0.39, 0.29) is 11.3 Å². The molecule has 41 heavy (non-hydrogen) atoms. The molecular formula is C29H39N11O. The van der Waals surface area contributed by atoms with Crippen LogP contribution in [-0.2, 0) is 5.41 Å². The smallest absolute Gasteiger partial charge is 0.256 e. The number of benzene rings is 1. The predicted octanol–water partition coefficient (Wildman–Crippen LogP) is 4.10. The van der Waals surface area contributed by atoms with Gasteiger partial charge in [0.2, 0.25) is 5.95 Å². The van der Waals surface area contributed by atoms with Crippen LogP contribution in [0.3, 0.4) is 0 Å². The Morgan fingerprint density at radius 1 is 1.07 bits per heavy atom. The standard InChI is InChI=1S/C29H39N11O/c1-17(2)15-39-9-11-40(12-10-39)28-35-24-23(25(30)36-28)31-16-32-26(24)33-20-13-19(8-7-18(20)3)27(41)34-22-14-21(37-38-22)29(4,5)6/h7-8,13-14,16-17H,9-12,15H2,1-6H3,(H2,30,35,36)(H,31,32,33)(H2,34,37,38,41). The largest absolute Gasteiger partial charge is 0.382 e. The second-order valence-corrected chi connectivity index (χ2v) is 12.0. The van der Waals surface area contributed by atoms with Gasteiger partial charge in [0.1, 0.15) is 17.4 Å². The minimum atomic E-state index is -0.266. The maximum atomic E-state index is 13.1. The topological polar surface area (TPSA) is 154 Å². The summed E-state index contributed by atoms with van der Waals surface area (Å²) >= 11 is 0. The number of H-pyrrole nitrogens is 1. The van der Waals surface area contributed by atoms with E-state index in [2.05, 4.69) is 80.2 Å². The fraction of sp³-hybridized carbons (Fsp3) is 0.448. The number of piperazine rings is 1. The summed E-state index contributed by atoms with van der Waals surface area (Å²) in [6, 6.07) is 7.30. The summed E-state index contributed by atoms with van der Waals surface area (Å²) in [6.07, 6.45) is 1.44. The van der Waals surface area contributed by atoms with Crippen molar-refractivity contribution in [3.8, 4) is 0 Å². The minimum absolute atomic E-state index is 0.105. The molecule has 1 aromatic carbocycles. The van der Waals surface area contributed by atoms with Crippen molar-refractivity contribution in [2.45, 2.75) is 47.0 Å². The third-order valence-corrected chi connectivity index (χ3v) is 7.16. The van der Waals surface area contributed by atoms with E-state index in [4.69, 9.17) is 10.7 Å². The monoisotopic (exact) mass is 557 g/mol. The van der Waals surface area contributed by atoms with Crippen molar-refractivity contribution in [1.29, 1.82) is 0 Å². The number of carbonyl (C=O) groups excluding carboxylic acids is 1. The summed E-state index contributed by atoms with van der Waals surface area (Å²) < 4.78 is 0. The summed E-state index contributed by atoms with van der Waals surface area (Å²) in [5.74, 6) is 2.19. The van der Waals surface area contributed by atoms with E-state index in [0.29, 0.717) is 45.9 Å². The number of anilines is 5. The van der Waals surface area contributed by atoms with Gasteiger partial charge in [-0.2, -0.15) is 10.1 Å². The molecule has 12 heteroatoms. The van der Waals surface area contributed by atoms with Crippen molar-refractivity contribution in [2.75, 3.05) is 54.0 Å². The first-order valence-corrected chi connectivity index (χ1v) is 14.0. The van der Waals surface area contributed by atoms with Gasteiger partial charge in [-0.1, -0.05) is 40.7 Å². The number of nitrogen functional groups attached to an aromatic ring is 1. The van der Waals surface area contributed by atoms with Crippen molar-refractivity contribution in [3.05, 3.63) is 47.4 Å². The van der Waals surface area contributed by atoms with Gasteiger partial charge in [0.15, 0.2) is 17.5 Å². The van der Waals surface area contributed by atoms with Gasteiger partial charge in [-0.15, -0.1) is 0 Å². The number of hydrogen-bond acceptors (Lipinski definition) is 10. The molecule has 0 atom stereocenters. The first-order chi connectivity index (χ1) is 19.5. The van der Waals surface area contributed by atoms with Gasteiger partial charge in [-0.05, 0) is 30.5 Å². The molecule has 0 spiro atoms. The number of nitrogens with one attached hydrogen (secondary N) is 3. The Hall–Kier alpha value is -4.32. The Kier molecular flexibility index (Phi) is 7.76. The van der Waals surface area contributed by atoms with Gasteiger partial charge in [0.05, 0.1) is 0 Å². The molecule has 1 saturated heterocycles. The highest BCUT2D eigenvalue weighted by Gasteiger charge is 2.22. The van der Waals surface area contributed by atoms with Crippen LogP contribution >= 0.6 is 0 Å². The molecular weight excluding hydrogens is 518 g/mol. The third kappa shape index (κ3) is 6.37. The fourth-order valence-electron chi connectivity index (χ4n) is 4.82. The predicted molar refractivity (Wildman–Crippen MR) is 163 cm³/mol. The zero-order valence-corrected chi connectivity index (χ0v) is 24.6. The third-order valence-electron chi connectivity index (χ3n) is 7.16. The summed E-state index contributed by atoms with van der Waals surface area (Å²) in [5, 5.41) is 13.5. The van der Waals surface area contributed by atoms with Crippen LogP contribution in [0.4, 0.5) is 29.1 Å². The van der Waals surface area contributed by atoms with E-state index >= 15 is 0 Å². The summed E-state index contributed by atoms with van der Waals surface area (Å²) in [4.78, 5) is 35.9. The van der Waals surface area contributed by atoms with Crippen LogP contribution in [0.5, 0.6) is 0 Å². The molecule has 4 heterocycles. The molecule has 1 fully saturated rings. The highest BCUT2D eigenvalue weighted by molar-refractivity contribution is 6.04. The van der Waals surface area contributed by atoms with Gasteiger partial charge in [-0.3, -0.25) is 14.8 Å². The number of nitrogens with two attached hydrogens (primary N) is 1. The van der Waals surface area contributed by atoms with Crippen LogP contribution in [0.25, 0.3) is 11.0 Å². The average Bonchev–Trinajstić information content (AvgIpc) is 3.39. The van der Waals surface area contributed by atoms with Crippen molar-refractivity contribution >= 4 is 46.0 Å². The van der Waals surface area contributed by atoms with Crippen LogP contribution in [0.2, 0.25) is 0 Å². The quantitative estimate of drug-likeness (QED) is 0.261. The molecule has 12 nitrogen and oxygen atoms in total. The Morgan fingerprint density at radius 2 is 1.83 bits per heavy atom. The number of rotatable bonds is 7. The number of aryl methyl sites for hydroxylation is 1. The zero-order chi connectivity index (χ0) is 29.3. The Bertz CT molecular complexity index is 1550. The lowest BCUT2D eigenvalue weighted by atomic mass is 9.92. The van der Waals surface area contributed by atoms with Crippen molar-refractivity contribution in [3.63, 3.8) is 0 Å². The van der Waals surface area contributed by atoms with Gasteiger partial charge in [0, 0.05) is 61.1 Å². The summed E-state index contributed by atoms with van der Waals surface area (Å²) in [5.41, 5.74) is 10.3. The average molecular weight is 558 g/mol. The first-order valence-electron chi connectivity index (χ1n) is 14.0.